The highest BCUT2D eigenvalue weighted by molar-refractivity contribution is 7.19. The molecule has 0 N–H and O–H groups in total. The minimum Gasteiger partial charge on any atom is -0.141 e. The van der Waals surface area contributed by atoms with Crippen molar-refractivity contribution in [3.8, 4) is 0 Å². The lowest BCUT2D eigenvalue weighted by Crippen LogP contribution is -1.56. The summed E-state index contributed by atoms with van der Waals surface area (Å²) in [7, 11) is 0. The summed E-state index contributed by atoms with van der Waals surface area (Å²) in [6.45, 7) is 6.14. The SMILES string of the molecule is CC.Cc1cc2ccccc2s1. The van der Waals surface area contributed by atoms with Gasteiger partial charge in [0.25, 0.3) is 0 Å². The van der Waals surface area contributed by atoms with Crippen molar-refractivity contribution in [3.05, 3.63) is 35.2 Å². The fraction of sp³-hybridized carbons (Fsp3) is 0.273. The zero-order valence-corrected chi connectivity index (χ0v) is 8.61. The first-order chi connectivity index (χ1) is 5.86. The van der Waals surface area contributed by atoms with Crippen LogP contribution in [0.15, 0.2) is 30.3 Å². The van der Waals surface area contributed by atoms with Crippen LogP contribution in [0.25, 0.3) is 10.1 Å². The van der Waals surface area contributed by atoms with Crippen molar-refractivity contribution in [3.63, 3.8) is 0 Å². The Bertz CT molecular complexity index is 314. The second-order valence-electron chi connectivity index (χ2n) is 2.39. The van der Waals surface area contributed by atoms with E-state index in [9.17, 15) is 0 Å². The lowest BCUT2D eigenvalue weighted by Gasteiger charge is -1.82. The van der Waals surface area contributed by atoms with E-state index >= 15 is 0 Å². The predicted octanol–water partition coefficient (Wildman–Crippen LogP) is 4.24. The van der Waals surface area contributed by atoms with E-state index in [1.54, 1.807) is 0 Å². The first-order valence-corrected chi connectivity index (χ1v) is 5.13. The van der Waals surface area contributed by atoms with E-state index in [4.69, 9.17) is 0 Å². The van der Waals surface area contributed by atoms with Gasteiger partial charge in [-0.15, -0.1) is 11.3 Å². The monoisotopic (exact) mass is 178 g/mol. The van der Waals surface area contributed by atoms with Crippen LogP contribution in [0.3, 0.4) is 0 Å². The third-order valence-corrected chi connectivity index (χ3v) is 2.58. The van der Waals surface area contributed by atoms with Gasteiger partial charge in [-0.05, 0) is 24.4 Å². The molecule has 0 saturated carbocycles. The molecule has 64 valence electrons. The van der Waals surface area contributed by atoms with E-state index < -0.39 is 0 Å². The maximum atomic E-state index is 2.22. The van der Waals surface area contributed by atoms with Crippen LogP contribution in [-0.2, 0) is 0 Å². The number of benzene rings is 1. The fourth-order valence-corrected chi connectivity index (χ4v) is 2.04. The molecule has 0 bridgehead atoms. The second-order valence-corrected chi connectivity index (χ2v) is 3.68. The van der Waals surface area contributed by atoms with Crippen LogP contribution in [0, 0.1) is 6.92 Å². The number of hydrogen-bond acceptors (Lipinski definition) is 1. The Hall–Kier alpha value is -0.820. The highest BCUT2D eigenvalue weighted by Crippen LogP contribution is 2.23. The van der Waals surface area contributed by atoms with E-state index in [1.807, 2.05) is 25.2 Å². The molecular weight excluding hydrogens is 164 g/mol. The van der Waals surface area contributed by atoms with Crippen molar-refractivity contribution in [1.82, 2.24) is 0 Å². The van der Waals surface area contributed by atoms with Gasteiger partial charge < -0.3 is 0 Å². The average molecular weight is 178 g/mol. The number of hydrogen-bond donors (Lipinski definition) is 0. The number of fused-ring (bicyclic) bond motifs is 1. The molecule has 2 aromatic rings. The Morgan fingerprint density at radius 2 is 1.75 bits per heavy atom. The second kappa shape index (κ2) is 4.27. The van der Waals surface area contributed by atoms with Gasteiger partial charge in [-0.2, -0.15) is 0 Å². The molecule has 0 nitrogen and oxygen atoms in total. The van der Waals surface area contributed by atoms with Crippen LogP contribution in [0.1, 0.15) is 18.7 Å². The van der Waals surface area contributed by atoms with Gasteiger partial charge in [0.15, 0.2) is 0 Å². The first kappa shape index (κ1) is 9.27. The molecule has 12 heavy (non-hydrogen) atoms. The summed E-state index contributed by atoms with van der Waals surface area (Å²) in [5.74, 6) is 0. The highest BCUT2D eigenvalue weighted by Gasteiger charge is 1.93. The average Bonchev–Trinajstić information content (AvgIpc) is 2.48. The van der Waals surface area contributed by atoms with Crippen LogP contribution in [0.4, 0.5) is 0 Å². The zero-order valence-electron chi connectivity index (χ0n) is 7.79. The molecule has 0 unspecified atom stereocenters. The van der Waals surface area contributed by atoms with Gasteiger partial charge in [0.2, 0.25) is 0 Å². The molecule has 1 heteroatoms. The molecule has 1 aromatic heterocycles. The van der Waals surface area contributed by atoms with E-state index in [0.717, 1.165) is 0 Å². The summed E-state index contributed by atoms with van der Waals surface area (Å²) in [5.41, 5.74) is 0. The topological polar surface area (TPSA) is 0 Å². The number of rotatable bonds is 0. The molecule has 0 fully saturated rings. The molecule has 0 spiro atoms. The minimum absolute atomic E-state index is 1.37. The molecule has 2 rings (SSSR count). The summed E-state index contributed by atoms with van der Waals surface area (Å²) < 4.78 is 1.39. The third-order valence-electron chi connectivity index (χ3n) is 1.55. The summed E-state index contributed by atoms with van der Waals surface area (Å²) in [6, 6.07) is 10.7. The summed E-state index contributed by atoms with van der Waals surface area (Å²) >= 11 is 1.85. The van der Waals surface area contributed by atoms with Crippen molar-refractivity contribution in [1.29, 1.82) is 0 Å². The standard InChI is InChI=1S/C9H8S.C2H6/c1-7-6-8-4-2-3-5-9(8)10-7;1-2/h2-6H,1H3;1-2H3. The van der Waals surface area contributed by atoms with Gasteiger partial charge in [0.05, 0.1) is 0 Å². The van der Waals surface area contributed by atoms with E-state index in [-0.39, 0.29) is 0 Å². The molecule has 0 atom stereocenters. The Morgan fingerprint density at radius 1 is 1.08 bits per heavy atom. The third kappa shape index (κ3) is 1.86. The lowest BCUT2D eigenvalue weighted by atomic mass is 10.2. The van der Waals surface area contributed by atoms with Gasteiger partial charge >= 0.3 is 0 Å². The molecule has 0 aliphatic rings. The van der Waals surface area contributed by atoms with Crippen molar-refractivity contribution in [2.75, 3.05) is 0 Å². The van der Waals surface area contributed by atoms with Crippen molar-refractivity contribution < 1.29 is 0 Å². The van der Waals surface area contributed by atoms with E-state index in [1.165, 1.54) is 15.0 Å². The summed E-state index contributed by atoms with van der Waals surface area (Å²) in [5, 5.41) is 1.37. The zero-order chi connectivity index (χ0) is 8.97. The van der Waals surface area contributed by atoms with E-state index in [0.29, 0.717) is 0 Å². The summed E-state index contributed by atoms with van der Waals surface area (Å²) in [6.07, 6.45) is 0. The highest BCUT2D eigenvalue weighted by atomic mass is 32.1. The summed E-state index contributed by atoms with van der Waals surface area (Å²) in [4.78, 5) is 1.39. The maximum Gasteiger partial charge on any atom is 0.0345 e. The Labute approximate surface area is 77.9 Å². The van der Waals surface area contributed by atoms with Crippen molar-refractivity contribution >= 4 is 21.4 Å². The number of thiophene rings is 1. The first-order valence-electron chi connectivity index (χ1n) is 4.31. The molecule has 1 heterocycles. The molecule has 0 aliphatic heterocycles. The molecule has 0 radical (unpaired) electrons. The molecule has 1 aromatic carbocycles. The Morgan fingerprint density at radius 3 is 2.42 bits per heavy atom. The van der Waals surface area contributed by atoms with Gasteiger partial charge in [-0.25, -0.2) is 0 Å². The maximum absolute atomic E-state index is 2.22. The Balaban J connectivity index is 0.000000336. The largest absolute Gasteiger partial charge is 0.141 e. The van der Waals surface area contributed by atoms with Crippen LogP contribution in [0.5, 0.6) is 0 Å². The normalized spacial score (nSPS) is 9.25. The van der Waals surface area contributed by atoms with Crippen molar-refractivity contribution in [2.45, 2.75) is 20.8 Å². The Kier molecular flexibility index (Phi) is 3.30. The van der Waals surface area contributed by atoms with Crippen LogP contribution in [-0.4, -0.2) is 0 Å². The fourth-order valence-electron chi connectivity index (χ4n) is 1.11. The van der Waals surface area contributed by atoms with Crippen LogP contribution >= 0.6 is 11.3 Å². The molecular formula is C11H14S. The van der Waals surface area contributed by atoms with Gasteiger partial charge in [0.1, 0.15) is 0 Å². The van der Waals surface area contributed by atoms with Gasteiger partial charge in [-0.1, -0.05) is 32.0 Å². The van der Waals surface area contributed by atoms with E-state index in [2.05, 4.69) is 37.3 Å². The van der Waals surface area contributed by atoms with Crippen LogP contribution < -0.4 is 0 Å². The predicted molar refractivity (Wildman–Crippen MR) is 57.9 cm³/mol. The van der Waals surface area contributed by atoms with Gasteiger partial charge in [0, 0.05) is 9.58 Å². The van der Waals surface area contributed by atoms with Crippen molar-refractivity contribution in [2.24, 2.45) is 0 Å². The molecule has 0 aliphatic carbocycles. The molecule has 0 saturated heterocycles. The van der Waals surface area contributed by atoms with Crippen LogP contribution in [0.2, 0.25) is 0 Å². The smallest absolute Gasteiger partial charge is 0.0345 e. The lowest BCUT2D eigenvalue weighted by molar-refractivity contribution is 1.50. The minimum atomic E-state index is 1.37. The number of aryl methyl sites for hydroxylation is 1. The quantitative estimate of drug-likeness (QED) is 0.566. The molecule has 0 amide bonds. The van der Waals surface area contributed by atoms with Gasteiger partial charge in [-0.3, -0.25) is 0 Å².